The van der Waals surface area contributed by atoms with Gasteiger partial charge < -0.3 is 81.7 Å². The minimum Gasteiger partial charge on any atom is -0.507 e. The van der Waals surface area contributed by atoms with E-state index in [4.69, 9.17) is 38.6 Å². The van der Waals surface area contributed by atoms with Crippen LogP contribution < -0.4 is 24.3 Å². The molecule has 1 amide bonds. The van der Waals surface area contributed by atoms with Gasteiger partial charge in [0, 0.05) is 211 Å². The van der Waals surface area contributed by atoms with E-state index in [0.717, 1.165) is 106 Å². The predicted molar refractivity (Wildman–Crippen MR) is 491 cm³/mol. The van der Waals surface area contributed by atoms with Crippen LogP contribution in [-0.2, 0) is 88.7 Å². The molecule has 656 valence electrons. The van der Waals surface area contributed by atoms with Crippen LogP contribution in [0.25, 0.3) is 0 Å². The Bertz CT molecular complexity index is 3790. The van der Waals surface area contributed by atoms with E-state index < -0.39 is 0 Å². The van der Waals surface area contributed by atoms with Gasteiger partial charge in [-0.1, -0.05) is 190 Å². The van der Waals surface area contributed by atoms with Crippen LogP contribution in [-0.4, -0.2) is 267 Å². The number of ether oxygens (including phenoxy) is 11. The number of amides is 1. The van der Waals surface area contributed by atoms with Gasteiger partial charge >= 0.3 is 12.1 Å². The second kappa shape index (κ2) is 85.9. The number of nitrogens with zero attached hydrogens (tertiary/aromatic N) is 7. The number of carbonyl (C=O) groups is 5. The molecule has 0 bridgehead atoms. The Labute approximate surface area is 750 Å². The van der Waals surface area contributed by atoms with Gasteiger partial charge in [0.25, 0.3) is 0 Å². The van der Waals surface area contributed by atoms with Gasteiger partial charge in [0.2, 0.25) is 5.24 Å². The molecule has 0 aliphatic carbocycles. The second-order valence-electron chi connectivity index (χ2n) is 23.3. The number of halogens is 2. The van der Waals surface area contributed by atoms with Crippen molar-refractivity contribution >= 4 is 100 Å². The summed E-state index contributed by atoms with van der Waals surface area (Å²) in [6.07, 6.45) is 8.86. The smallest absolute Gasteiger partial charge is 0.410 e. The van der Waals surface area contributed by atoms with E-state index in [-0.39, 0.29) is 79.1 Å². The number of aromatic nitrogens is 4. The van der Waals surface area contributed by atoms with Gasteiger partial charge in [0.15, 0.2) is 12.6 Å². The molecular formula is C89H134AlClILiN8O18. The minimum absolute atomic E-state index is 0. The maximum atomic E-state index is 12.5. The van der Waals surface area contributed by atoms with E-state index >= 15 is 0 Å². The SMILES string of the molecule is CC.CC.CC(=O)Cl.CC(=O)OCc1ccccc1O[11CH3].COC.COC.COC.COC.COC.O=Cc1ccccc1O.[11CH3]I.[11CH3]Oc1ccccc1C=O.[11CH3]Oc1ccccc1CO.[11CH3]Oc1ccccc1COC(=O)N1CCN(Cc2cncn2Cc2ccccc2)CC1.[AlH2].[Li].c1ccc(Cn2cncc2CN2CCNCC2)cc1. The Morgan fingerprint density at radius 3 is 1.08 bits per heavy atom. The van der Waals surface area contributed by atoms with Crippen molar-refractivity contribution < 1.29 is 86.3 Å². The fourth-order valence-electron chi connectivity index (χ4n) is 9.46. The normalized spacial score (nSPS) is 10.8. The van der Waals surface area contributed by atoms with Crippen LogP contribution >= 0.6 is 34.2 Å². The fraction of sp³-hybridized carbons (Fsp3) is 0.404. The van der Waals surface area contributed by atoms with E-state index in [0.29, 0.717) is 36.3 Å². The Hall–Kier alpha value is -8.50. The molecule has 9 aromatic rings. The zero-order valence-electron chi connectivity index (χ0n) is 74.7. The fourth-order valence-corrected chi connectivity index (χ4v) is 9.46. The Balaban J connectivity index is -0.000000317. The van der Waals surface area contributed by atoms with Gasteiger partial charge in [-0.15, -0.1) is 0 Å². The molecule has 2 aliphatic heterocycles. The van der Waals surface area contributed by atoms with Crippen molar-refractivity contribution in [2.75, 3.05) is 157 Å². The summed E-state index contributed by atoms with van der Waals surface area (Å²) in [5.74, 6) is 2.58. The number of aliphatic hydroxyl groups is 1. The number of para-hydroxylation sites is 5. The maximum Gasteiger partial charge on any atom is 0.410 e. The summed E-state index contributed by atoms with van der Waals surface area (Å²) in [5.41, 5.74) is 8.53. The predicted octanol–water partition coefficient (Wildman–Crippen LogP) is 14.3. The monoisotopic (exact) mass is 1790 g/mol. The van der Waals surface area contributed by atoms with Crippen molar-refractivity contribution in [2.45, 2.75) is 87.5 Å². The molecule has 2 saturated heterocycles. The third-order valence-electron chi connectivity index (χ3n) is 14.5. The summed E-state index contributed by atoms with van der Waals surface area (Å²) in [6.45, 7) is 22.0. The van der Waals surface area contributed by atoms with Crippen molar-refractivity contribution in [3.05, 3.63) is 257 Å². The molecule has 2 aromatic heterocycles. The average molecular weight is 1800 g/mol. The molecule has 26 nitrogen and oxygen atoms in total. The number of alkyl halides is 1. The summed E-state index contributed by atoms with van der Waals surface area (Å²) in [5, 5.41) is 20.7. The molecule has 119 heavy (non-hydrogen) atoms. The van der Waals surface area contributed by atoms with Gasteiger partial charge in [0.1, 0.15) is 59.3 Å². The number of imidazole rings is 2. The number of phenolic OH excluding ortho intramolecular Hbond substituents is 1. The van der Waals surface area contributed by atoms with E-state index in [1.165, 1.54) is 42.4 Å². The topological polar surface area (TPSA) is 285 Å². The number of piperazine rings is 2. The maximum absolute atomic E-state index is 12.5. The summed E-state index contributed by atoms with van der Waals surface area (Å²) in [4.78, 5) is 69.8. The van der Waals surface area contributed by atoms with Gasteiger partial charge in [-0.25, -0.2) is 14.8 Å². The number of nitrogens with one attached hydrogen (secondary N) is 1. The first-order chi connectivity index (χ1) is 56.8. The van der Waals surface area contributed by atoms with Crippen LogP contribution in [0.2, 0.25) is 0 Å². The first-order valence-corrected chi connectivity index (χ1v) is 39.9. The summed E-state index contributed by atoms with van der Waals surface area (Å²) in [6, 6.07) is 56.8. The Kier molecular flexibility index (Phi) is 87.6. The van der Waals surface area contributed by atoms with Crippen LogP contribution in [0.5, 0.6) is 28.7 Å². The van der Waals surface area contributed by atoms with E-state index in [9.17, 15) is 24.0 Å². The zero-order valence-corrected chi connectivity index (χ0v) is 79.6. The average Bonchev–Trinajstić information content (AvgIpc) is 1.78. The standard InChI is InChI=1S/C24H28N4O3.C15H20N4.C10H12O3.C8H10O2.C8H8O2.C7H6O2.C2H3ClO.5C2H6O.2C2H6.CH3I.Al.Li.2H/c1-30-23-10-6-5-9-21(23)18-31-24(29)27-13-11-26(12-14-27)17-22-15-25-19-28(22)16-20-7-3-2-4-8-20;1-2-4-14(5-3-1)11-19-13-17-10-15(19)12-18-8-6-16-7-9-18;1-8(11)13-7-9-5-3-4-6-10(9)12-2;2*1-10-8-5-3-2-4-7(8)6-9;8-5-6-3-1-2-4-7(6)9;1-2(3)4;5*1-3-2;3*1-2;;;;/h2-10,15,19H,11-14,16-18H2,1H3;1-5,10,13,16H,6-9,11-12H2;3-6H,7H2,1-2H3;2-5,9H,6H2,1H3;2-6H,1H3;1-5,9H;1H3;5*1-2H3;2*1-2H3;1H3;;;;/i1-1;;2-1;2*1-1;;;;;;;;;;1-1;;;;. The number of hydrogen-bond acceptors (Lipinski definition) is 23. The summed E-state index contributed by atoms with van der Waals surface area (Å²) < 4.78 is 56.3. The van der Waals surface area contributed by atoms with E-state index in [1.807, 2.05) is 143 Å². The summed E-state index contributed by atoms with van der Waals surface area (Å²) in [7, 11) is 22.6. The van der Waals surface area contributed by atoms with Gasteiger partial charge in [0.05, 0.1) is 70.2 Å². The first kappa shape index (κ1) is 121. The molecule has 4 heterocycles. The third kappa shape index (κ3) is 60.6. The minimum atomic E-state index is -0.361. The molecule has 0 saturated carbocycles. The molecule has 30 heteroatoms. The van der Waals surface area contributed by atoms with Crippen molar-refractivity contribution in [1.29, 1.82) is 0 Å². The zero-order chi connectivity index (χ0) is 88.7. The van der Waals surface area contributed by atoms with Crippen molar-refractivity contribution in [1.82, 2.24) is 39.1 Å². The molecule has 0 atom stereocenters. The number of benzene rings is 7. The van der Waals surface area contributed by atoms with Gasteiger partial charge in [-0.05, 0) is 70.1 Å². The number of aliphatic hydroxyl groups excluding tert-OH is 1. The van der Waals surface area contributed by atoms with E-state index in [2.05, 4.69) is 147 Å². The van der Waals surface area contributed by atoms with Crippen molar-refractivity contribution in [3.8, 4) is 28.7 Å². The largest absolute Gasteiger partial charge is 0.507 e. The van der Waals surface area contributed by atoms with Crippen LogP contribution in [0.15, 0.2) is 207 Å². The number of methoxy groups -OCH3 is 9. The molecule has 2 aliphatic rings. The molecule has 0 spiro atoms. The Morgan fingerprint density at radius 2 is 0.756 bits per heavy atom. The molecule has 7 aromatic carbocycles. The summed E-state index contributed by atoms with van der Waals surface area (Å²) >= 11 is 6.79. The van der Waals surface area contributed by atoms with Gasteiger partial charge in [-0.3, -0.25) is 29.0 Å². The molecule has 0 unspecified atom stereocenters. The van der Waals surface area contributed by atoms with Crippen LogP contribution in [0.3, 0.4) is 0 Å². The van der Waals surface area contributed by atoms with Crippen LogP contribution in [0.1, 0.15) is 101 Å². The van der Waals surface area contributed by atoms with E-state index in [1.54, 1.807) is 141 Å². The van der Waals surface area contributed by atoms with Crippen molar-refractivity contribution in [2.24, 2.45) is 0 Å². The number of carbonyl (C=O) groups excluding carboxylic acids is 5. The number of phenols is 1. The van der Waals surface area contributed by atoms with Crippen LogP contribution in [0, 0.1) is 0 Å². The molecule has 2 radical (unpaired) electrons. The molecule has 2 fully saturated rings. The van der Waals surface area contributed by atoms with Crippen molar-refractivity contribution in [3.63, 3.8) is 0 Å². The third-order valence-corrected chi connectivity index (χ3v) is 14.5. The van der Waals surface area contributed by atoms with Gasteiger partial charge in [-0.2, -0.15) is 0 Å². The number of aromatic hydroxyl groups is 1. The number of aldehydes is 2. The number of rotatable bonds is 19. The Morgan fingerprint density at radius 1 is 0.445 bits per heavy atom. The molecular weight excluding hydrogens is 1660 g/mol. The number of esters is 1. The quantitative estimate of drug-likeness (QED) is 0.0169. The number of hydrogen-bond donors (Lipinski definition) is 3. The first-order valence-electron chi connectivity index (χ1n) is 37.4. The van der Waals surface area contributed by atoms with Crippen LogP contribution in [0.4, 0.5) is 4.79 Å². The molecule has 11 rings (SSSR count). The second-order valence-corrected chi connectivity index (χ2v) is 23.8. The molecule has 3 N–H and O–H groups in total.